The molecular weight excluding hydrogens is 434 g/mol. The first-order chi connectivity index (χ1) is 16.4. The second kappa shape index (κ2) is 11.7. The monoisotopic (exact) mass is 469 g/mol. The molecule has 6 N–H and O–H groups in total. The minimum atomic E-state index is -0.702. The molecule has 34 heavy (non-hydrogen) atoms. The van der Waals surface area contributed by atoms with Gasteiger partial charge in [0.1, 0.15) is 17.8 Å². The Balaban J connectivity index is 1.82. The summed E-state index contributed by atoms with van der Waals surface area (Å²) in [4.78, 5) is 41.2. The molecule has 0 bridgehead atoms. The molecule has 10 heteroatoms. The van der Waals surface area contributed by atoms with E-state index in [4.69, 9.17) is 11.3 Å². The van der Waals surface area contributed by atoms with Gasteiger partial charge in [0, 0.05) is 12.2 Å². The highest BCUT2D eigenvalue weighted by Gasteiger charge is 2.44. The predicted octanol–water partition coefficient (Wildman–Crippen LogP) is 1.70. The summed E-state index contributed by atoms with van der Waals surface area (Å²) in [5.41, 5.74) is 14.1. The van der Waals surface area contributed by atoms with E-state index in [0.717, 1.165) is 31.2 Å². The fourth-order valence-electron chi connectivity index (χ4n) is 4.76. The van der Waals surface area contributed by atoms with E-state index in [-0.39, 0.29) is 29.5 Å². The number of nitrogens with zero attached hydrogens (tertiary/aromatic N) is 2. The zero-order valence-corrected chi connectivity index (χ0v) is 19.8. The van der Waals surface area contributed by atoms with Crippen LogP contribution in [0.1, 0.15) is 57.1 Å². The van der Waals surface area contributed by atoms with Crippen LogP contribution >= 0.6 is 0 Å². The van der Waals surface area contributed by atoms with E-state index >= 15 is 0 Å². The molecule has 1 aromatic rings. The zero-order chi connectivity index (χ0) is 24.7. The lowest BCUT2D eigenvalue weighted by Crippen LogP contribution is -2.58. The van der Waals surface area contributed by atoms with Crippen LogP contribution in [0.2, 0.25) is 0 Å². The summed E-state index contributed by atoms with van der Waals surface area (Å²) in [7, 11) is 1.69. The summed E-state index contributed by atoms with van der Waals surface area (Å²) >= 11 is 0. The van der Waals surface area contributed by atoms with E-state index in [1.165, 1.54) is 6.20 Å². The highest BCUT2D eigenvalue weighted by molar-refractivity contribution is 5.94. The van der Waals surface area contributed by atoms with Gasteiger partial charge in [0.15, 0.2) is 0 Å². The van der Waals surface area contributed by atoms with E-state index in [0.29, 0.717) is 12.8 Å². The summed E-state index contributed by atoms with van der Waals surface area (Å²) in [5, 5.41) is 12.2. The number of fused-ring (bicyclic) bond motifs is 1. The Morgan fingerprint density at radius 2 is 1.88 bits per heavy atom. The number of amides is 3. The maximum Gasteiger partial charge on any atom is 0.246 e. The van der Waals surface area contributed by atoms with Crippen molar-refractivity contribution in [2.45, 2.75) is 75.7 Å². The Labute approximate surface area is 200 Å². The van der Waals surface area contributed by atoms with Gasteiger partial charge in [0.2, 0.25) is 17.7 Å². The quantitative estimate of drug-likeness (QED) is 0.367. The fourth-order valence-corrected chi connectivity index (χ4v) is 4.76. The van der Waals surface area contributed by atoms with Crippen molar-refractivity contribution >= 4 is 17.7 Å². The van der Waals surface area contributed by atoms with Crippen molar-refractivity contribution in [2.75, 3.05) is 7.05 Å². The minimum absolute atomic E-state index is 0.0368. The molecule has 2 aliphatic rings. The largest absolute Gasteiger partial charge is 0.403 e. The number of rotatable bonds is 8. The molecule has 10 nitrogen and oxygen atoms in total. The normalized spacial score (nSPS) is 24.9. The summed E-state index contributed by atoms with van der Waals surface area (Å²) in [6.07, 6.45) is 5.63. The maximum atomic E-state index is 13.6. The highest BCUT2D eigenvalue weighted by Crippen LogP contribution is 2.32. The molecule has 0 unspecified atom stereocenters. The minimum Gasteiger partial charge on any atom is -0.403 e. The number of nitrogens with one attached hydrogen (secondary N) is 4. The lowest BCUT2D eigenvalue weighted by atomic mass is 9.98. The Morgan fingerprint density at radius 3 is 2.53 bits per heavy atom. The number of likely N-dealkylation sites (N-methyl/N-ethyl adjacent to an activating group) is 1. The van der Waals surface area contributed by atoms with Gasteiger partial charge in [0.05, 0.1) is 12.1 Å². The Morgan fingerprint density at radius 1 is 1.18 bits per heavy atom. The molecule has 2 fully saturated rings. The number of carbonyl (C=O) groups excluding carboxylic acids is 3. The van der Waals surface area contributed by atoms with Crippen molar-refractivity contribution in [3.63, 3.8) is 0 Å². The molecule has 2 saturated heterocycles. The third-order valence-electron chi connectivity index (χ3n) is 6.80. The van der Waals surface area contributed by atoms with E-state index in [9.17, 15) is 14.4 Å². The number of carbonyl (C=O) groups is 3. The van der Waals surface area contributed by atoms with Gasteiger partial charge < -0.3 is 26.6 Å². The first-order valence-electron chi connectivity index (χ1n) is 11.9. The summed E-state index contributed by atoms with van der Waals surface area (Å²) in [6, 6.07) is 6.69. The molecule has 0 saturated carbocycles. The van der Waals surface area contributed by atoms with Crippen molar-refractivity contribution < 1.29 is 14.4 Å². The fraction of sp³-hybridized carbons (Fsp3) is 0.542. The SMILES string of the molecule is CN[C@@H](C)C(=O)N[C@H]1CCCC[C@H]2CC[C@@H](C(=O)N[C@H](/C(=C/N)N=N)c3ccccc3)N2C1=O. The zero-order valence-electron chi connectivity index (χ0n) is 19.8. The van der Waals surface area contributed by atoms with Crippen molar-refractivity contribution in [1.82, 2.24) is 20.9 Å². The van der Waals surface area contributed by atoms with E-state index in [1.54, 1.807) is 18.9 Å². The molecule has 1 aromatic carbocycles. The molecule has 0 spiro atoms. The lowest BCUT2D eigenvalue weighted by molar-refractivity contribution is -0.144. The number of hydrogen-bond acceptors (Lipinski definition) is 7. The van der Waals surface area contributed by atoms with Gasteiger partial charge in [-0.05, 0) is 45.2 Å². The van der Waals surface area contributed by atoms with Gasteiger partial charge in [0.25, 0.3) is 0 Å². The standard InChI is InChI=1S/C24H35N7O3/c1-15(27-2)22(32)28-18-11-7-6-10-17-12-13-20(31(17)24(18)34)23(33)29-21(19(14-25)30-26)16-8-4-3-5-9-16/h3-5,8-9,14-15,17-18,20-21,26-27H,6-7,10-13,25H2,1-2H3,(H,28,32)(H,29,33)/b19-14-,30-26?/t15-,17-,18-,20-,21-/m0/s1. The van der Waals surface area contributed by atoms with Crippen LogP contribution in [0.5, 0.6) is 0 Å². The topological polar surface area (TPSA) is 153 Å². The smallest absolute Gasteiger partial charge is 0.246 e. The molecule has 3 amide bonds. The van der Waals surface area contributed by atoms with Gasteiger partial charge in [-0.3, -0.25) is 14.4 Å². The van der Waals surface area contributed by atoms with E-state index < -0.39 is 24.2 Å². The van der Waals surface area contributed by atoms with Crippen LogP contribution in [0.4, 0.5) is 0 Å². The first-order valence-corrected chi connectivity index (χ1v) is 11.9. The number of hydrogen-bond donors (Lipinski definition) is 5. The van der Waals surface area contributed by atoms with Crippen LogP contribution in [0.25, 0.3) is 0 Å². The Hall–Kier alpha value is -3.27. The van der Waals surface area contributed by atoms with Crippen molar-refractivity contribution in [3.8, 4) is 0 Å². The molecule has 184 valence electrons. The second-order valence-electron chi connectivity index (χ2n) is 8.90. The van der Waals surface area contributed by atoms with E-state index in [1.807, 2.05) is 30.3 Å². The first kappa shape index (κ1) is 25.4. The van der Waals surface area contributed by atoms with Crippen LogP contribution in [0, 0.1) is 5.53 Å². The predicted molar refractivity (Wildman–Crippen MR) is 127 cm³/mol. The summed E-state index contributed by atoms with van der Waals surface area (Å²) < 4.78 is 0. The Kier molecular flexibility index (Phi) is 8.75. The molecule has 0 radical (unpaired) electrons. The maximum absolute atomic E-state index is 13.6. The number of nitrogens with two attached hydrogens (primary N) is 1. The van der Waals surface area contributed by atoms with E-state index in [2.05, 4.69) is 21.1 Å². The van der Waals surface area contributed by atoms with Crippen LogP contribution in [-0.2, 0) is 14.4 Å². The van der Waals surface area contributed by atoms with Crippen LogP contribution in [0.3, 0.4) is 0 Å². The molecule has 3 rings (SSSR count). The average Bonchev–Trinajstić information content (AvgIpc) is 3.27. The summed E-state index contributed by atoms with van der Waals surface area (Å²) in [5.74, 6) is -0.769. The van der Waals surface area contributed by atoms with Crippen molar-refractivity contribution in [2.24, 2.45) is 10.8 Å². The molecule has 2 aliphatic heterocycles. The van der Waals surface area contributed by atoms with Gasteiger partial charge in [-0.2, -0.15) is 5.11 Å². The van der Waals surface area contributed by atoms with Gasteiger partial charge in [-0.25, -0.2) is 5.53 Å². The summed E-state index contributed by atoms with van der Waals surface area (Å²) in [6.45, 7) is 1.74. The average molecular weight is 470 g/mol. The van der Waals surface area contributed by atoms with Gasteiger partial charge in [-0.1, -0.05) is 43.2 Å². The third kappa shape index (κ3) is 5.61. The van der Waals surface area contributed by atoms with Crippen molar-refractivity contribution in [3.05, 3.63) is 47.8 Å². The molecular formula is C24H35N7O3. The van der Waals surface area contributed by atoms with Gasteiger partial charge in [-0.15, -0.1) is 0 Å². The van der Waals surface area contributed by atoms with Gasteiger partial charge >= 0.3 is 0 Å². The van der Waals surface area contributed by atoms with Crippen LogP contribution < -0.4 is 21.7 Å². The second-order valence-corrected chi connectivity index (χ2v) is 8.90. The van der Waals surface area contributed by atoms with Crippen molar-refractivity contribution in [1.29, 1.82) is 5.53 Å². The lowest BCUT2D eigenvalue weighted by Gasteiger charge is -2.36. The molecule has 0 aliphatic carbocycles. The molecule has 2 heterocycles. The number of benzene rings is 1. The highest BCUT2D eigenvalue weighted by atomic mass is 16.2. The van der Waals surface area contributed by atoms with Crippen LogP contribution in [0.15, 0.2) is 47.3 Å². The molecule has 5 atom stereocenters. The third-order valence-corrected chi connectivity index (χ3v) is 6.80. The van der Waals surface area contributed by atoms with Crippen LogP contribution in [-0.4, -0.2) is 53.8 Å². The Bertz CT molecular complexity index is 920. The molecule has 0 aromatic heterocycles.